The summed E-state index contributed by atoms with van der Waals surface area (Å²) in [6.45, 7) is 3.58. The highest BCUT2D eigenvalue weighted by Gasteiger charge is 1.89. The SMILES string of the molecule is C/C=N\CC(C)F. The molecular weight excluding hydrogens is 93.1 g/mol. The van der Waals surface area contributed by atoms with Crippen LogP contribution in [0, 0.1) is 0 Å². The lowest BCUT2D eigenvalue weighted by Gasteiger charge is -1.89. The van der Waals surface area contributed by atoms with Gasteiger partial charge in [0.1, 0.15) is 6.17 Å². The second kappa shape index (κ2) is 3.78. The van der Waals surface area contributed by atoms with Gasteiger partial charge < -0.3 is 0 Å². The number of hydrogen-bond acceptors (Lipinski definition) is 1. The van der Waals surface area contributed by atoms with Crippen LogP contribution in [-0.4, -0.2) is 18.9 Å². The third-order valence-corrected chi connectivity index (χ3v) is 0.540. The monoisotopic (exact) mass is 103 g/mol. The van der Waals surface area contributed by atoms with Gasteiger partial charge in [-0.05, 0) is 20.1 Å². The fourth-order valence-electron chi connectivity index (χ4n) is 0.251. The van der Waals surface area contributed by atoms with E-state index in [9.17, 15) is 4.39 Å². The van der Waals surface area contributed by atoms with Gasteiger partial charge in [-0.2, -0.15) is 0 Å². The lowest BCUT2D eigenvalue weighted by molar-refractivity contribution is 0.371. The molecule has 2 heteroatoms. The van der Waals surface area contributed by atoms with Crippen molar-refractivity contribution in [2.45, 2.75) is 20.0 Å². The first-order valence-corrected chi connectivity index (χ1v) is 2.36. The molecule has 0 N–H and O–H groups in total. The molecule has 0 radical (unpaired) electrons. The molecule has 0 amide bonds. The molecule has 0 bridgehead atoms. The van der Waals surface area contributed by atoms with Gasteiger partial charge in [-0.1, -0.05) is 0 Å². The van der Waals surface area contributed by atoms with Crippen LogP contribution in [0.15, 0.2) is 4.99 Å². The van der Waals surface area contributed by atoms with Crippen LogP contribution < -0.4 is 0 Å². The van der Waals surface area contributed by atoms with Gasteiger partial charge >= 0.3 is 0 Å². The normalized spacial score (nSPS) is 15.3. The van der Waals surface area contributed by atoms with Gasteiger partial charge in [0.05, 0.1) is 6.54 Å². The minimum Gasteiger partial charge on any atom is -0.295 e. The van der Waals surface area contributed by atoms with E-state index in [4.69, 9.17) is 0 Å². The molecule has 0 aromatic carbocycles. The van der Waals surface area contributed by atoms with Crippen LogP contribution >= 0.6 is 0 Å². The Balaban J connectivity index is 2.97. The highest BCUT2D eigenvalue weighted by Crippen LogP contribution is 1.85. The topological polar surface area (TPSA) is 12.4 Å². The Kier molecular flexibility index (Phi) is 3.56. The van der Waals surface area contributed by atoms with Crippen molar-refractivity contribution < 1.29 is 4.39 Å². The number of nitrogens with zero attached hydrogens (tertiary/aromatic N) is 1. The largest absolute Gasteiger partial charge is 0.295 e. The van der Waals surface area contributed by atoms with E-state index in [0.717, 1.165) is 0 Å². The van der Waals surface area contributed by atoms with E-state index in [2.05, 4.69) is 4.99 Å². The molecule has 0 aromatic rings. The molecule has 1 nitrogen and oxygen atoms in total. The maximum atomic E-state index is 11.8. The Labute approximate surface area is 43.3 Å². The molecule has 0 aromatic heterocycles. The van der Waals surface area contributed by atoms with E-state index in [-0.39, 0.29) is 0 Å². The average molecular weight is 103 g/mol. The third kappa shape index (κ3) is 5.60. The molecule has 1 unspecified atom stereocenters. The summed E-state index contributed by atoms with van der Waals surface area (Å²) in [7, 11) is 0. The van der Waals surface area contributed by atoms with Gasteiger partial charge in [0, 0.05) is 0 Å². The van der Waals surface area contributed by atoms with Crippen molar-refractivity contribution in [2.24, 2.45) is 4.99 Å². The van der Waals surface area contributed by atoms with Gasteiger partial charge in [0.15, 0.2) is 0 Å². The van der Waals surface area contributed by atoms with E-state index >= 15 is 0 Å². The quantitative estimate of drug-likeness (QED) is 0.469. The number of hydrogen-bond donors (Lipinski definition) is 0. The number of rotatable bonds is 2. The second-order valence-electron chi connectivity index (χ2n) is 1.40. The summed E-state index contributed by atoms with van der Waals surface area (Å²) >= 11 is 0. The summed E-state index contributed by atoms with van der Waals surface area (Å²) in [5, 5.41) is 0. The van der Waals surface area contributed by atoms with Crippen LogP contribution in [0.2, 0.25) is 0 Å². The minimum absolute atomic E-state index is 0.302. The Morgan fingerprint density at radius 3 is 2.57 bits per heavy atom. The van der Waals surface area contributed by atoms with Crippen molar-refractivity contribution in [2.75, 3.05) is 6.54 Å². The highest BCUT2D eigenvalue weighted by atomic mass is 19.1. The van der Waals surface area contributed by atoms with Crippen LogP contribution in [0.5, 0.6) is 0 Å². The summed E-state index contributed by atoms with van der Waals surface area (Å²) in [6, 6.07) is 0. The number of alkyl halides is 1. The van der Waals surface area contributed by atoms with E-state index in [1.807, 2.05) is 0 Å². The van der Waals surface area contributed by atoms with Crippen molar-refractivity contribution in [3.63, 3.8) is 0 Å². The van der Waals surface area contributed by atoms with Crippen molar-refractivity contribution in [3.05, 3.63) is 0 Å². The smallest absolute Gasteiger partial charge is 0.117 e. The first kappa shape index (κ1) is 6.60. The van der Waals surface area contributed by atoms with E-state index in [0.29, 0.717) is 6.54 Å². The van der Waals surface area contributed by atoms with Crippen molar-refractivity contribution in [1.82, 2.24) is 0 Å². The Hall–Kier alpha value is -0.400. The standard InChI is InChI=1S/C5H10FN/c1-3-7-4-5(2)6/h3,5H,4H2,1-2H3/b7-3-. The molecule has 0 saturated carbocycles. The molecule has 0 fully saturated rings. The first-order valence-electron chi connectivity index (χ1n) is 2.36. The van der Waals surface area contributed by atoms with Gasteiger partial charge in [-0.3, -0.25) is 4.99 Å². The fourth-order valence-corrected chi connectivity index (χ4v) is 0.251. The summed E-state index contributed by atoms with van der Waals surface area (Å²) in [5.41, 5.74) is 0. The zero-order valence-corrected chi connectivity index (χ0v) is 4.69. The zero-order chi connectivity index (χ0) is 5.70. The molecular formula is C5H10FN. The Morgan fingerprint density at radius 2 is 2.43 bits per heavy atom. The van der Waals surface area contributed by atoms with Crippen LogP contribution in [0.4, 0.5) is 4.39 Å². The summed E-state index contributed by atoms with van der Waals surface area (Å²) in [4.78, 5) is 3.67. The van der Waals surface area contributed by atoms with E-state index in [1.165, 1.54) is 6.92 Å². The molecule has 0 heterocycles. The molecule has 0 aliphatic heterocycles. The molecule has 0 aliphatic carbocycles. The Morgan fingerprint density at radius 1 is 1.86 bits per heavy atom. The predicted molar refractivity (Wildman–Crippen MR) is 29.6 cm³/mol. The van der Waals surface area contributed by atoms with Gasteiger partial charge in [-0.25, -0.2) is 4.39 Å². The van der Waals surface area contributed by atoms with Crippen LogP contribution in [0.3, 0.4) is 0 Å². The second-order valence-corrected chi connectivity index (χ2v) is 1.40. The highest BCUT2D eigenvalue weighted by molar-refractivity contribution is 5.53. The van der Waals surface area contributed by atoms with Crippen molar-refractivity contribution in [1.29, 1.82) is 0 Å². The van der Waals surface area contributed by atoms with E-state index in [1.54, 1.807) is 13.1 Å². The van der Waals surface area contributed by atoms with E-state index < -0.39 is 6.17 Å². The van der Waals surface area contributed by atoms with Gasteiger partial charge in [0.25, 0.3) is 0 Å². The Bertz CT molecular complexity index is 59.1. The maximum Gasteiger partial charge on any atom is 0.117 e. The molecule has 7 heavy (non-hydrogen) atoms. The summed E-state index contributed by atoms with van der Waals surface area (Å²) in [5.74, 6) is 0. The number of aliphatic imine (C=N–C) groups is 1. The number of halogens is 1. The van der Waals surface area contributed by atoms with Gasteiger partial charge in [-0.15, -0.1) is 0 Å². The summed E-state index contributed by atoms with van der Waals surface area (Å²) < 4.78 is 11.8. The molecule has 0 spiro atoms. The average Bonchev–Trinajstić information content (AvgIpc) is 1.61. The first-order chi connectivity index (χ1) is 3.27. The lowest BCUT2D eigenvalue weighted by atomic mass is 10.4. The van der Waals surface area contributed by atoms with Crippen LogP contribution in [-0.2, 0) is 0 Å². The van der Waals surface area contributed by atoms with Crippen molar-refractivity contribution >= 4 is 6.21 Å². The summed E-state index contributed by atoms with van der Waals surface area (Å²) in [6.07, 6.45) is 0.812. The molecule has 0 rings (SSSR count). The predicted octanol–water partition coefficient (Wildman–Crippen LogP) is 1.44. The van der Waals surface area contributed by atoms with Crippen LogP contribution in [0.25, 0.3) is 0 Å². The molecule has 1 atom stereocenters. The fraction of sp³-hybridized carbons (Fsp3) is 0.800. The molecule has 0 aliphatic rings. The van der Waals surface area contributed by atoms with Crippen LogP contribution in [0.1, 0.15) is 13.8 Å². The molecule has 42 valence electrons. The van der Waals surface area contributed by atoms with Gasteiger partial charge in [0.2, 0.25) is 0 Å². The maximum absolute atomic E-state index is 11.8. The minimum atomic E-state index is -0.795. The third-order valence-electron chi connectivity index (χ3n) is 0.540. The zero-order valence-electron chi connectivity index (χ0n) is 4.69. The van der Waals surface area contributed by atoms with Crippen molar-refractivity contribution in [3.8, 4) is 0 Å². The lowest BCUT2D eigenvalue weighted by Crippen LogP contribution is -1.95. The molecule has 0 saturated heterocycles.